The Balaban J connectivity index is 0.00000182. The fourth-order valence-corrected chi connectivity index (χ4v) is 3.97. The predicted molar refractivity (Wildman–Crippen MR) is 115 cm³/mol. The van der Waals surface area contributed by atoms with Crippen molar-refractivity contribution in [2.24, 2.45) is 4.99 Å². The van der Waals surface area contributed by atoms with E-state index in [9.17, 15) is 0 Å². The molecule has 2 saturated carbocycles. The molecule has 1 heterocycles. The highest BCUT2D eigenvalue weighted by molar-refractivity contribution is 14.0. The van der Waals surface area contributed by atoms with Gasteiger partial charge in [-0.15, -0.1) is 24.0 Å². The van der Waals surface area contributed by atoms with Gasteiger partial charge in [-0.3, -0.25) is 9.89 Å². The monoisotopic (exact) mass is 474 g/mol. The molecule has 4 rings (SSSR count). The van der Waals surface area contributed by atoms with E-state index >= 15 is 0 Å². The molecule has 3 fully saturated rings. The second-order valence-corrected chi connectivity index (χ2v) is 8.01. The Morgan fingerprint density at radius 1 is 1.24 bits per heavy atom. The molecule has 25 heavy (non-hydrogen) atoms. The number of halogens is 2. The molecule has 1 saturated heterocycles. The van der Waals surface area contributed by atoms with Gasteiger partial charge >= 0.3 is 0 Å². The number of hydrogen-bond acceptors (Lipinski definition) is 2. The van der Waals surface area contributed by atoms with Gasteiger partial charge in [0.15, 0.2) is 5.96 Å². The lowest BCUT2D eigenvalue weighted by molar-refractivity contribution is 0.321. The summed E-state index contributed by atoms with van der Waals surface area (Å²) in [6.07, 6.45) is 6.47. The fourth-order valence-electron chi connectivity index (χ4n) is 3.84. The first kappa shape index (κ1) is 19.2. The second kappa shape index (κ2) is 8.01. The van der Waals surface area contributed by atoms with Crippen LogP contribution in [0.3, 0.4) is 0 Å². The Morgan fingerprint density at radius 2 is 1.96 bits per heavy atom. The van der Waals surface area contributed by atoms with Crippen molar-refractivity contribution >= 4 is 41.5 Å². The molecule has 0 spiro atoms. The van der Waals surface area contributed by atoms with Gasteiger partial charge in [-0.2, -0.15) is 0 Å². The van der Waals surface area contributed by atoms with Crippen LogP contribution < -0.4 is 10.6 Å². The van der Waals surface area contributed by atoms with E-state index in [1.165, 1.54) is 44.2 Å². The van der Waals surface area contributed by atoms with Crippen molar-refractivity contribution in [2.75, 3.05) is 26.7 Å². The quantitative estimate of drug-likeness (QED) is 0.390. The van der Waals surface area contributed by atoms with Gasteiger partial charge in [-0.1, -0.05) is 23.7 Å². The van der Waals surface area contributed by atoms with E-state index in [2.05, 4.69) is 32.7 Å². The number of aliphatic imine (C=N–C) groups is 1. The van der Waals surface area contributed by atoms with Crippen LogP contribution in [0, 0.1) is 0 Å². The molecule has 6 heteroatoms. The van der Waals surface area contributed by atoms with Gasteiger partial charge in [0.05, 0.1) is 0 Å². The third-order valence-corrected chi connectivity index (χ3v) is 6.00. The molecule has 1 aromatic rings. The van der Waals surface area contributed by atoms with Crippen LogP contribution in [0.5, 0.6) is 0 Å². The van der Waals surface area contributed by atoms with Crippen LogP contribution in [0.1, 0.15) is 37.7 Å². The smallest absolute Gasteiger partial charge is 0.191 e. The normalized spacial score (nSPS) is 25.4. The number of likely N-dealkylation sites (tertiary alicyclic amines) is 1. The maximum absolute atomic E-state index is 6.02. The Kier molecular flexibility index (Phi) is 6.16. The van der Waals surface area contributed by atoms with E-state index in [0.29, 0.717) is 6.04 Å². The lowest BCUT2D eigenvalue weighted by Gasteiger charge is -2.22. The minimum absolute atomic E-state index is 0. The van der Waals surface area contributed by atoms with E-state index in [-0.39, 0.29) is 29.4 Å². The van der Waals surface area contributed by atoms with Crippen molar-refractivity contribution in [3.8, 4) is 0 Å². The number of guanidine groups is 1. The zero-order valence-electron chi connectivity index (χ0n) is 14.8. The maximum Gasteiger partial charge on any atom is 0.191 e. The molecule has 0 radical (unpaired) electrons. The van der Waals surface area contributed by atoms with E-state index in [4.69, 9.17) is 11.6 Å². The second-order valence-electron chi connectivity index (χ2n) is 7.57. The first-order valence-electron chi connectivity index (χ1n) is 9.16. The third kappa shape index (κ3) is 4.61. The summed E-state index contributed by atoms with van der Waals surface area (Å²) in [5, 5.41) is 7.98. The lowest BCUT2D eigenvalue weighted by atomic mass is 9.96. The molecule has 0 bridgehead atoms. The van der Waals surface area contributed by atoms with Crippen molar-refractivity contribution in [1.29, 1.82) is 0 Å². The largest absolute Gasteiger partial charge is 0.356 e. The summed E-state index contributed by atoms with van der Waals surface area (Å²) < 4.78 is 0. The molecule has 0 amide bonds. The van der Waals surface area contributed by atoms with Crippen molar-refractivity contribution in [3.05, 3.63) is 34.9 Å². The van der Waals surface area contributed by atoms with Gasteiger partial charge in [0.1, 0.15) is 0 Å². The average molecular weight is 475 g/mol. The zero-order chi connectivity index (χ0) is 16.6. The predicted octanol–water partition coefficient (Wildman–Crippen LogP) is 3.39. The number of benzene rings is 1. The van der Waals surface area contributed by atoms with E-state index in [1.54, 1.807) is 0 Å². The molecule has 1 aromatic carbocycles. The molecule has 1 aliphatic heterocycles. The molecular formula is C19H28ClIN4. The number of nitrogens with one attached hydrogen (secondary N) is 2. The maximum atomic E-state index is 6.02. The molecule has 4 nitrogen and oxygen atoms in total. The minimum atomic E-state index is 0. The highest BCUT2D eigenvalue weighted by Gasteiger charge is 2.44. The lowest BCUT2D eigenvalue weighted by Crippen LogP contribution is -2.46. The summed E-state index contributed by atoms with van der Waals surface area (Å²) in [6.45, 7) is 3.33. The van der Waals surface area contributed by atoms with Crippen LogP contribution in [0.4, 0.5) is 0 Å². The van der Waals surface area contributed by atoms with Gasteiger partial charge in [-0.25, -0.2) is 0 Å². The van der Waals surface area contributed by atoms with Gasteiger partial charge in [0, 0.05) is 49.2 Å². The van der Waals surface area contributed by atoms with Crippen LogP contribution in [-0.2, 0) is 5.41 Å². The number of hydrogen-bond donors (Lipinski definition) is 2. The highest BCUT2D eigenvalue weighted by atomic mass is 127. The third-order valence-electron chi connectivity index (χ3n) is 5.75. The molecule has 2 aliphatic carbocycles. The van der Waals surface area contributed by atoms with Gasteiger partial charge in [0.25, 0.3) is 0 Å². The summed E-state index contributed by atoms with van der Waals surface area (Å²) in [5.74, 6) is 0.942. The van der Waals surface area contributed by atoms with E-state index in [1.807, 2.05) is 19.2 Å². The van der Waals surface area contributed by atoms with Gasteiger partial charge in [0.2, 0.25) is 0 Å². The van der Waals surface area contributed by atoms with Crippen LogP contribution in [-0.4, -0.2) is 49.6 Å². The standard InChI is InChI=1S/C19H27ClN4.HI/c1-21-18(23-16-8-11-24(12-16)17-6-7-17)22-13-19(9-10-19)14-2-4-15(20)5-3-14;/h2-5,16-17H,6-13H2,1H3,(H2,21,22,23);1H. The molecule has 2 N–H and O–H groups in total. The molecule has 1 atom stereocenters. The summed E-state index contributed by atoms with van der Waals surface area (Å²) in [6, 6.07) is 9.72. The number of rotatable bonds is 5. The van der Waals surface area contributed by atoms with Crippen LogP contribution in [0.25, 0.3) is 0 Å². The molecule has 138 valence electrons. The van der Waals surface area contributed by atoms with Crippen molar-refractivity contribution < 1.29 is 0 Å². The SMILES string of the molecule is CN=C(NCC1(c2ccc(Cl)cc2)CC1)NC1CCN(C2CC2)C1.I. The van der Waals surface area contributed by atoms with Crippen molar-refractivity contribution in [3.63, 3.8) is 0 Å². The topological polar surface area (TPSA) is 39.7 Å². The van der Waals surface area contributed by atoms with Crippen LogP contribution >= 0.6 is 35.6 Å². The van der Waals surface area contributed by atoms with Crippen molar-refractivity contribution in [2.45, 2.75) is 49.6 Å². The summed E-state index contributed by atoms with van der Waals surface area (Å²) in [7, 11) is 1.87. The number of nitrogens with zero attached hydrogens (tertiary/aromatic N) is 2. The Bertz CT molecular complexity index is 610. The zero-order valence-corrected chi connectivity index (χ0v) is 17.9. The Labute approximate surface area is 172 Å². The van der Waals surface area contributed by atoms with Gasteiger partial charge < -0.3 is 10.6 Å². The summed E-state index contributed by atoms with van der Waals surface area (Å²) in [4.78, 5) is 7.06. The summed E-state index contributed by atoms with van der Waals surface area (Å²) in [5.41, 5.74) is 1.65. The first-order valence-corrected chi connectivity index (χ1v) is 9.54. The Morgan fingerprint density at radius 3 is 2.56 bits per heavy atom. The molecular weight excluding hydrogens is 447 g/mol. The first-order chi connectivity index (χ1) is 11.7. The molecule has 3 aliphatic rings. The van der Waals surface area contributed by atoms with E-state index < -0.39 is 0 Å². The summed E-state index contributed by atoms with van der Waals surface area (Å²) >= 11 is 6.02. The van der Waals surface area contributed by atoms with Crippen LogP contribution in [0.2, 0.25) is 5.02 Å². The minimum Gasteiger partial charge on any atom is -0.356 e. The van der Waals surface area contributed by atoms with E-state index in [0.717, 1.165) is 30.1 Å². The molecule has 0 aromatic heterocycles. The van der Waals surface area contributed by atoms with Crippen molar-refractivity contribution in [1.82, 2.24) is 15.5 Å². The van der Waals surface area contributed by atoms with Gasteiger partial charge in [-0.05, 0) is 49.8 Å². The average Bonchev–Trinajstić information content (AvgIpc) is 3.52. The highest BCUT2D eigenvalue weighted by Crippen LogP contribution is 2.47. The Hall–Kier alpha value is -0.530. The fraction of sp³-hybridized carbons (Fsp3) is 0.632. The van der Waals surface area contributed by atoms with Crippen LogP contribution in [0.15, 0.2) is 29.3 Å². The molecule has 1 unspecified atom stereocenters.